The molecule has 1 atom stereocenters. The molecular formula is C16H24O2S. The van der Waals surface area contributed by atoms with Gasteiger partial charge < -0.3 is 5.11 Å². The van der Waals surface area contributed by atoms with Crippen LogP contribution >= 0.6 is 12.6 Å². The molecule has 0 fully saturated rings. The third-order valence-electron chi connectivity index (χ3n) is 3.24. The number of rotatable bonds is 2. The highest BCUT2D eigenvalue weighted by atomic mass is 32.1. The standard InChI is InChI=1S/C16H24O2S/c1-15(2,3)11-7-10(13(17)14(18)19)8-12(9-11)16(4,5)6/h7-9,13,17H,1-6H3,(H,18,19). The van der Waals surface area contributed by atoms with Gasteiger partial charge in [-0.25, -0.2) is 0 Å². The van der Waals surface area contributed by atoms with Gasteiger partial charge in [0, 0.05) is 0 Å². The van der Waals surface area contributed by atoms with E-state index in [9.17, 15) is 9.90 Å². The lowest BCUT2D eigenvalue weighted by Crippen LogP contribution is -2.18. The fraction of sp³-hybridized carbons (Fsp3) is 0.562. The zero-order valence-electron chi connectivity index (χ0n) is 12.6. The second kappa shape index (κ2) is 5.29. The Labute approximate surface area is 121 Å². The molecule has 2 nitrogen and oxygen atoms in total. The Balaban J connectivity index is 3.45. The fourth-order valence-electron chi connectivity index (χ4n) is 1.82. The summed E-state index contributed by atoms with van der Waals surface area (Å²) in [5.74, 6) is 0. The molecule has 0 aliphatic carbocycles. The van der Waals surface area contributed by atoms with Gasteiger partial charge in [-0.2, -0.15) is 0 Å². The van der Waals surface area contributed by atoms with Crippen molar-refractivity contribution < 1.29 is 9.90 Å². The van der Waals surface area contributed by atoms with Crippen LogP contribution in [0.2, 0.25) is 0 Å². The number of carbonyl (C=O) groups excluding carboxylic acids is 1. The fourth-order valence-corrected chi connectivity index (χ4v) is 1.97. The Morgan fingerprint density at radius 3 is 1.63 bits per heavy atom. The van der Waals surface area contributed by atoms with Gasteiger partial charge in [0.05, 0.1) is 0 Å². The summed E-state index contributed by atoms with van der Waals surface area (Å²) in [7, 11) is 0. The minimum absolute atomic E-state index is 0.0324. The average molecular weight is 280 g/mol. The smallest absolute Gasteiger partial charge is 0.218 e. The van der Waals surface area contributed by atoms with Crippen LogP contribution in [0.3, 0.4) is 0 Å². The van der Waals surface area contributed by atoms with Crippen LogP contribution in [0.25, 0.3) is 0 Å². The maximum absolute atomic E-state index is 11.3. The van der Waals surface area contributed by atoms with Gasteiger partial charge in [0.15, 0.2) is 0 Å². The van der Waals surface area contributed by atoms with E-state index < -0.39 is 11.2 Å². The predicted molar refractivity (Wildman–Crippen MR) is 82.8 cm³/mol. The highest BCUT2D eigenvalue weighted by Crippen LogP contribution is 2.32. The van der Waals surface area contributed by atoms with Gasteiger partial charge in [0.25, 0.3) is 0 Å². The van der Waals surface area contributed by atoms with Crippen LogP contribution in [0.4, 0.5) is 0 Å². The lowest BCUT2D eigenvalue weighted by atomic mass is 9.79. The molecule has 1 aromatic rings. The molecule has 3 heteroatoms. The molecule has 0 aliphatic heterocycles. The van der Waals surface area contributed by atoms with E-state index in [-0.39, 0.29) is 10.8 Å². The van der Waals surface area contributed by atoms with E-state index in [2.05, 4.69) is 60.2 Å². The van der Waals surface area contributed by atoms with Crippen molar-refractivity contribution >= 4 is 17.7 Å². The number of benzene rings is 1. The van der Waals surface area contributed by atoms with Crippen molar-refractivity contribution in [2.24, 2.45) is 0 Å². The van der Waals surface area contributed by atoms with Crippen molar-refractivity contribution in [3.05, 3.63) is 34.9 Å². The molecule has 0 bridgehead atoms. The van der Waals surface area contributed by atoms with Gasteiger partial charge in [-0.15, -0.1) is 12.6 Å². The van der Waals surface area contributed by atoms with E-state index in [1.807, 2.05) is 12.1 Å². The first-order chi connectivity index (χ1) is 8.43. The van der Waals surface area contributed by atoms with Gasteiger partial charge in [-0.05, 0) is 27.5 Å². The van der Waals surface area contributed by atoms with Crippen molar-refractivity contribution in [3.8, 4) is 0 Å². The predicted octanol–water partition coefficient (Wildman–Crippen LogP) is 3.77. The molecule has 19 heavy (non-hydrogen) atoms. The monoisotopic (exact) mass is 280 g/mol. The average Bonchev–Trinajstić information content (AvgIpc) is 2.24. The molecule has 1 unspecified atom stereocenters. The second-order valence-electron chi connectivity index (χ2n) is 7.08. The van der Waals surface area contributed by atoms with Gasteiger partial charge in [-0.1, -0.05) is 59.7 Å². The third-order valence-corrected chi connectivity index (χ3v) is 3.48. The van der Waals surface area contributed by atoms with Gasteiger partial charge in [0.1, 0.15) is 6.10 Å². The van der Waals surface area contributed by atoms with Crippen LogP contribution in [-0.2, 0) is 15.6 Å². The summed E-state index contributed by atoms with van der Waals surface area (Å²) in [4.78, 5) is 11.3. The second-order valence-corrected chi connectivity index (χ2v) is 7.53. The van der Waals surface area contributed by atoms with Crippen LogP contribution in [0.15, 0.2) is 18.2 Å². The van der Waals surface area contributed by atoms with Gasteiger partial charge in [-0.3, -0.25) is 4.79 Å². The largest absolute Gasteiger partial charge is 0.380 e. The zero-order valence-corrected chi connectivity index (χ0v) is 13.5. The molecule has 0 heterocycles. The summed E-state index contributed by atoms with van der Waals surface area (Å²) in [5, 5.41) is 9.43. The van der Waals surface area contributed by atoms with E-state index in [1.54, 1.807) is 0 Å². The summed E-state index contributed by atoms with van der Waals surface area (Å²) in [6.45, 7) is 12.7. The van der Waals surface area contributed by atoms with Crippen LogP contribution in [-0.4, -0.2) is 10.2 Å². The van der Waals surface area contributed by atoms with E-state index >= 15 is 0 Å². The van der Waals surface area contributed by atoms with Crippen molar-refractivity contribution in [2.75, 3.05) is 0 Å². The number of carbonyl (C=O) groups is 1. The summed E-state index contributed by atoms with van der Waals surface area (Å²) in [6.07, 6.45) is -1.16. The molecule has 0 amide bonds. The highest BCUT2D eigenvalue weighted by molar-refractivity contribution is 7.96. The number of aliphatic hydroxyl groups excluding tert-OH is 1. The normalized spacial score (nSPS) is 14.3. The SMILES string of the molecule is CC(C)(C)c1cc(C(O)C(=O)S)cc(C(C)(C)C)c1. The third kappa shape index (κ3) is 4.08. The van der Waals surface area contributed by atoms with Crippen molar-refractivity contribution in [3.63, 3.8) is 0 Å². The molecule has 0 saturated carbocycles. The van der Waals surface area contributed by atoms with Gasteiger partial charge >= 0.3 is 0 Å². The van der Waals surface area contributed by atoms with E-state index in [0.29, 0.717) is 5.56 Å². The summed E-state index contributed by atoms with van der Waals surface area (Å²) in [5.41, 5.74) is 2.79. The lowest BCUT2D eigenvalue weighted by molar-refractivity contribution is -0.118. The Kier molecular flexibility index (Phi) is 4.53. The maximum atomic E-state index is 11.3. The Morgan fingerprint density at radius 1 is 1.00 bits per heavy atom. The molecule has 0 aliphatic rings. The van der Waals surface area contributed by atoms with E-state index in [4.69, 9.17) is 0 Å². The molecule has 1 N–H and O–H groups in total. The minimum atomic E-state index is -1.16. The number of hydrogen-bond donors (Lipinski definition) is 2. The van der Waals surface area contributed by atoms with Crippen molar-refractivity contribution in [1.82, 2.24) is 0 Å². The molecule has 1 aromatic carbocycles. The number of thiol groups is 1. The van der Waals surface area contributed by atoms with Crippen LogP contribution in [0, 0.1) is 0 Å². The maximum Gasteiger partial charge on any atom is 0.218 e. The first-order valence-electron chi connectivity index (χ1n) is 6.50. The molecule has 1 rings (SSSR count). The number of aliphatic hydroxyl groups is 1. The summed E-state index contributed by atoms with van der Waals surface area (Å²) in [6, 6.07) is 5.95. The number of hydrogen-bond acceptors (Lipinski definition) is 2. The molecule has 0 aromatic heterocycles. The van der Waals surface area contributed by atoms with E-state index in [0.717, 1.165) is 11.1 Å². The van der Waals surface area contributed by atoms with Crippen LogP contribution in [0.1, 0.15) is 64.3 Å². The van der Waals surface area contributed by atoms with Crippen molar-refractivity contribution in [1.29, 1.82) is 0 Å². The van der Waals surface area contributed by atoms with Crippen LogP contribution < -0.4 is 0 Å². The Bertz CT molecular complexity index is 446. The molecule has 0 saturated heterocycles. The quantitative estimate of drug-likeness (QED) is 0.809. The lowest BCUT2D eigenvalue weighted by Gasteiger charge is -2.26. The molecular weight excluding hydrogens is 256 g/mol. The van der Waals surface area contributed by atoms with Crippen molar-refractivity contribution in [2.45, 2.75) is 58.5 Å². The first-order valence-corrected chi connectivity index (χ1v) is 6.94. The topological polar surface area (TPSA) is 37.3 Å². The Morgan fingerprint density at radius 2 is 1.37 bits per heavy atom. The molecule has 0 radical (unpaired) electrons. The molecule has 106 valence electrons. The minimum Gasteiger partial charge on any atom is -0.380 e. The Hall–Kier alpha value is -0.800. The van der Waals surface area contributed by atoms with Crippen LogP contribution in [0.5, 0.6) is 0 Å². The molecule has 0 spiro atoms. The zero-order chi connectivity index (χ0) is 15.0. The van der Waals surface area contributed by atoms with Gasteiger partial charge in [0.2, 0.25) is 5.12 Å². The summed E-state index contributed by atoms with van der Waals surface area (Å²) < 4.78 is 0. The van der Waals surface area contributed by atoms with E-state index in [1.165, 1.54) is 0 Å². The first kappa shape index (κ1) is 16.3. The summed E-state index contributed by atoms with van der Waals surface area (Å²) >= 11 is 3.73. The highest BCUT2D eigenvalue weighted by Gasteiger charge is 2.23.